The summed E-state index contributed by atoms with van der Waals surface area (Å²) in [5, 5.41) is 20.8. The number of rotatable bonds is 8. The Morgan fingerprint density at radius 2 is 1.97 bits per heavy atom. The lowest BCUT2D eigenvalue weighted by molar-refractivity contribution is -0.113. The number of aromatic nitrogens is 3. The summed E-state index contributed by atoms with van der Waals surface area (Å²) in [4.78, 5) is 12.3. The molecule has 0 fully saturated rings. The summed E-state index contributed by atoms with van der Waals surface area (Å²) in [6.07, 6.45) is 1.76. The van der Waals surface area contributed by atoms with E-state index < -0.39 is 0 Å². The Bertz CT molecular complexity index is 1040. The minimum absolute atomic E-state index is 0.168. The van der Waals surface area contributed by atoms with E-state index in [9.17, 15) is 4.79 Å². The highest BCUT2D eigenvalue weighted by Crippen LogP contribution is 2.26. The van der Waals surface area contributed by atoms with Crippen molar-refractivity contribution >= 4 is 23.4 Å². The fourth-order valence-electron chi connectivity index (χ4n) is 2.60. The highest BCUT2D eigenvalue weighted by atomic mass is 32.2. The van der Waals surface area contributed by atoms with E-state index in [1.807, 2.05) is 34.9 Å². The molecule has 1 amide bonds. The topological polar surface area (TPSA) is 92.8 Å². The van der Waals surface area contributed by atoms with Crippen LogP contribution in [0.5, 0.6) is 5.75 Å². The van der Waals surface area contributed by atoms with Crippen molar-refractivity contribution < 1.29 is 9.53 Å². The summed E-state index contributed by atoms with van der Waals surface area (Å²) < 4.78 is 7.10. The lowest BCUT2D eigenvalue weighted by Crippen LogP contribution is -2.14. The van der Waals surface area contributed by atoms with Gasteiger partial charge in [-0.3, -0.25) is 9.36 Å². The van der Waals surface area contributed by atoms with Crippen molar-refractivity contribution in [3.8, 4) is 23.2 Å². The highest BCUT2D eigenvalue weighted by Gasteiger charge is 2.15. The summed E-state index contributed by atoms with van der Waals surface area (Å²) in [7, 11) is 1.62. The molecule has 1 aromatic heterocycles. The maximum absolute atomic E-state index is 12.3. The van der Waals surface area contributed by atoms with Crippen molar-refractivity contribution in [2.24, 2.45) is 0 Å². The van der Waals surface area contributed by atoms with Crippen molar-refractivity contribution in [3.63, 3.8) is 0 Å². The van der Waals surface area contributed by atoms with Gasteiger partial charge in [0.05, 0.1) is 24.5 Å². The number of hydrogen-bond acceptors (Lipinski definition) is 6. The quantitative estimate of drug-likeness (QED) is 0.453. The standard InChI is InChI=1S/C21H19N5O2S/c1-3-12-26-20(16-6-10-18(28-2)11-7-16)24-25-21(26)29-14-19(27)23-17-8-4-15(13-22)5-9-17/h3-11H,1,12,14H2,2H3,(H,23,27). The molecule has 0 aliphatic carbocycles. The molecule has 0 aliphatic rings. The summed E-state index contributed by atoms with van der Waals surface area (Å²) in [6, 6.07) is 16.3. The van der Waals surface area contributed by atoms with Crippen LogP contribution in [0.15, 0.2) is 66.3 Å². The molecule has 0 unspecified atom stereocenters. The third-order valence-electron chi connectivity index (χ3n) is 4.01. The number of anilines is 1. The minimum atomic E-state index is -0.168. The van der Waals surface area contributed by atoms with E-state index in [-0.39, 0.29) is 11.7 Å². The van der Waals surface area contributed by atoms with E-state index >= 15 is 0 Å². The first-order valence-electron chi connectivity index (χ1n) is 8.76. The van der Waals surface area contributed by atoms with E-state index in [0.717, 1.165) is 11.3 Å². The van der Waals surface area contributed by atoms with Crippen molar-refractivity contribution in [1.29, 1.82) is 5.26 Å². The maximum Gasteiger partial charge on any atom is 0.234 e. The zero-order chi connectivity index (χ0) is 20.6. The van der Waals surface area contributed by atoms with Gasteiger partial charge in [0.2, 0.25) is 5.91 Å². The predicted molar refractivity (Wildman–Crippen MR) is 113 cm³/mol. The second kappa shape index (κ2) is 9.57. The number of carbonyl (C=O) groups excluding carboxylic acids is 1. The van der Waals surface area contributed by atoms with Crippen LogP contribution >= 0.6 is 11.8 Å². The molecule has 0 saturated carbocycles. The van der Waals surface area contributed by atoms with Gasteiger partial charge in [-0.15, -0.1) is 16.8 Å². The zero-order valence-corrected chi connectivity index (χ0v) is 16.6. The molecule has 3 aromatic rings. The Kier molecular flexibility index (Phi) is 6.66. The van der Waals surface area contributed by atoms with Gasteiger partial charge < -0.3 is 10.1 Å². The molecule has 1 heterocycles. The number of ether oxygens (including phenoxy) is 1. The van der Waals surface area contributed by atoms with Gasteiger partial charge in [0.25, 0.3) is 0 Å². The normalized spacial score (nSPS) is 10.2. The molecule has 0 atom stereocenters. The van der Waals surface area contributed by atoms with Crippen LogP contribution in [0.3, 0.4) is 0 Å². The summed E-state index contributed by atoms with van der Waals surface area (Å²) >= 11 is 1.30. The van der Waals surface area contributed by atoms with Crippen molar-refractivity contribution in [3.05, 3.63) is 66.7 Å². The molecule has 7 nitrogen and oxygen atoms in total. The first-order valence-corrected chi connectivity index (χ1v) is 9.74. The molecule has 0 aliphatic heterocycles. The van der Waals surface area contributed by atoms with Gasteiger partial charge >= 0.3 is 0 Å². The van der Waals surface area contributed by atoms with Crippen LogP contribution in [-0.4, -0.2) is 33.5 Å². The van der Waals surface area contributed by atoms with Crippen molar-refractivity contribution in [2.45, 2.75) is 11.7 Å². The summed E-state index contributed by atoms with van der Waals surface area (Å²) in [6.45, 7) is 4.32. The molecule has 0 radical (unpaired) electrons. The average Bonchev–Trinajstić information content (AvgIpc) is 3.15. The Labute approximate surface area is 173 Å². The van der Waals surface area contributed by atoms with E-state index in [1.165, 1.54) is 11.8 Å². The highest BCUT2D eigenvalue weighted by molar-refractivity contribution is 7.99. The van der Waals surface area contributed by atoms with Gasteiger partial charge in [-0.1, -0.05) is 17.8 Å². The first-order chi connectivity index (χ1) is 14.1. The average molecular weight is 405 g/mol. The number of nitrogens with one attached hydrogen (secondary N) is 1. The number of carbonyl (C=O) groups is 1. The summed E-state index contributed by atoms with van der Waals surface area (Å²) in [5.74, 6) is 1.47. The van der Waals surface area contributed by atoms with Crippen LogP contribution in [0.4, 0.5) is 5.69 Å². The number of hydrogen-bond donors (Lipinski definition) is 1. The second-order valence-corrected chi connectivity index (χ2v) is 6.90. The monoisotopic (exact) mass is 405 g/mol. The number of nitriles is 1. The molecule has 29 heavy (non-hydrogen) atoms. The second-order valence-electron chi connectivity index (χ2n) is 5.96. The number of benzene rings is 2. The number of methoxy groups -OCH3 is 1. The van der Waals surface area contributed by atoms with Crippen molar-refractivity contribution in [1.82, 2.24) is 14.8 Å². The van der Waals surface area contributed by atoms with Crippen molar-refractivity contribution in [2.75, 3.05) is 18.2 Å². The molecule has 0 bridgehead atoms. The van der Waals surface area contributed by atoms with Gasteiger partial charge in [0.15, 0.2) is 11.0 Å². The fourth-order valence-corrected chi connectivity index (χ4v) is 3.35. The van der Waals surface area contributed by atoms with Gasteiger partial charge in [-0.25, -0.2) is 0 Å². The molecule has 2 aromatic carbocycles. The molecule has 0 spiro atoms. The number of nitrogens with zero attached hydrogens (tertiary/aromatic N) is 4. The zero-order valence-electron chi connectivity index (χ0n) is 15.8. The molecule has 3 rings (SSSR count). The van der Waals surface area contributed by atoms with Gasteiger partial charge in [-0.2, -0.15) is 5.26 Å². The lowest BCUT2D eigenvalue weighted by atomic mass is 10.2. The molecule has 146 valence electrons. The van der Waals surface area contributed by atoms with Gasteiger partial charge in [0, 0.05) is 17.8 Å². The Morgan fingerprint density at radius 3 is 2.59 bits per heavy atom. The largest absolute Gasteiger partial charge is 0.497 e. The molecule has 0 saturated heterocycles. The van der Waals surface area contributed by atoms with Gasteiger partial charge in [0.1, 0.15) is 5.75 Å². The van der Waals surface area contributed by atoms with Crippen LogP contribution in [0.2, 0.25) is 0 Å². The SMILES string of the molecule is C=CCn1c(SCC(=O)Nc2ccc(C#N)cc2)nnc1-c1ccc(OC)cc1. The Hall–Kier alpha value is -3.57. The smallest absolute Gasteiger partial charge is 0.234 e. The number of amides is 1. The molecule has 1 N–H and O–H groups in total. The van der Waals surface area contributed by atoms with Crippen LogP contribution in [0, 0.1) is 11.3 Å². The molecular formula is C21H19N5O2S. The van der Waals surface area contributed by atoms with Crippen LogP contribution in [-0.2, 0) is 11.3 Å². The van der Waals surface area contributed by atoms with E-state index in [2.05, 4.69) is 22.1 Å². The third kappa shape index (κ3) is 5.03. The third-order valence-corrected chi connectivity index (χ3v) is 4.97. The first kappa shape index (κ1) is 20.2. The number of thioether (sulfide) groups is 1. The van der Waals surface area contributed by atoms with E-state index in [4.69, 9.17) is 10.00 Å². The lowest BCUT2D eigenvalue weighted by Gasteiger charge is -2.09. The van der Waals surface area contributed by atoms with Crippen LogP contribution in [0.25, 0.3) is 11.4 Å². The van der Waals surface area contributed by atoms with E-state index in [0.29, 0.717) is 28.8 Å². The molecular weight excluding hydrogens is 386 g/mol. The summed E-state index contributed by atoms with van der Waals surface area (Å²) in [5.41, 5.74) is 2.08. The Balaban J connectivity index is 1.69. The minimum Gasteiger partial charge on any atom is -0.497 e. The Morgan fingerprint density at radius 1 is 1.24 bits per heavy atom. The fraction of sp³-hybridized carbons (Fsp3) is 0.143. The van der Waals surface area contributed by atoms with Crippen LogP contribution in [0.1, 0.15) is 5.56 Å². The van der Waals surface area contributed by atoms with Gasteiger partial charge in [-0.05, 0) is 48.5 Å². The number of allylic oxidation sites excluding steroid dienone is 1. The molecule has 8 heteroatoms. The van der Waals surface area contributed by atoms with Crippen LogP contribution < -0.4 is 10.1 Å². The van der Waals surface area contributed by atoms with E-state index in [1.54, 1.807) is 37.5 Å². The predicted octanol–water partition coefficient (Wildman–Crippen LogP) is 3.74. The maximum atomic E-state index is 12.3.